The van der Waals surface area contributed by atoms with E-state index in [2.05, 4.69) is 17.0 Å². The molecule has 0 saturated carbocycles. The molecule has 0 heterocycles. The van der Waals surface area contributed by atoms with E-state index in [1.807, 2.05) is 31.3 Å². The Kier molecular flexibility index (Phi) is 4.82. The molecule has 2 rings (SSSR count). The van der Waals surface area contributed by atoms with Crippen molar-refractivity contribution in [2.24, 2.45) is 0 Å². The number of hydrogen-bond acceptors (Lipinski definition) is 4. The third kappa shape index (κ3) is 3.75. The summed E-state index contributed by atoms with van der Waals surface area (Å²) in [6.07, 6.45) is 0. The molecule has 0 fully saturated rings. The Labute approximate surface area is 125 Å². The van der Waals surface area contributed by atoms with Gasteiger partial charge in [0.1, 0.15) is 0 Å². The van der Waals surface area contributed by atoms with Gasteiger partial charge >= 0.3 is 5.97 Å². The van der Waals surface area contributed by atoms with Crippen LogP contribution in [0.1, 0.15) is 22.8 Å². The van der Waals surface area contributed by atoms with Crippen molar-refractivity contribution in [3.63, 3.8) is 0 Å². The first-order chi connectivity index (χ1) is 10.1. The van der Waals surface area contributed by atoms with Gasteiger partial charge in [-0.05, 0) is 30.7 Å². The first-order valence-electron chi connectivity index (χ1n) is 6.93. The summed E-state index contributed by atoms with van der Waals surface area (Å²) in [6.45, 7) is 2.89. The molecule has 0 aliphatic carbocycles. The number of benzene rings is 2. The SMILES string of the molecule is CCOC(=O)c1ccc(N(C)Cc2ccccc2)c(N)c1. The third-order valence-corrected chi connectivity index (χ3v) is 3.21. The highest BCUT2D eigenvalue weighted by Crippen LogP contribution is 2.25. The largest absolute Gasteiger partial charge is 0.462 e. The Bertz CT molecular complexity index is 611. The lowest BCUT2D eigenvalue weighted by Gasteiger charge is -2.21. The standard InChI is InChI=1S/C17H20N2O2/c1-3-21-17(20)14-9-10-16(15(18)11-14)19(2)12-13-7-5-4-6-8-13/h4-11H,3,12,18H2,1-2H3. The molecule has 2 aromatic rings. The van der Waals surface area contributed by atoms with E-state index < -0.39 is 0 Å². The van der Waals surface area contributed by atoms with Gasteiger partial charge < -0.3 is 15.4 Å². The molecule has 0 aliphatic heterocycles. The van der Waals surface area contributed by atoms with Gasteiger partial charge in [-0.25, -0.2) is 4.79 Å². The van der Waals surface area contributed by atoms with E-state index in [0.717, 1.165) is 12.2 Å². The molecule has 110 valence electrons. The lowest BCUT2D eigenvalue weighted by Crippen LogP contribution is -2.18. The molecule has 0 saturated heterocycles. The van der Waals surface area contributed by atoms with E-state index in [0.29, 0.717) is 17.9 Å². The Hall–Kier alpha value is -2.49. The highest BCUT2D eigenvalue weighted by molar-refractivity contribution is 5.92. The van der Waals surface area contributed by atoms with Gasteiger partial charge in [-0.3, -0.25) is 0 Å². The number of rotatable bonds is 5. The fourth-order valence-electron chi connectivity index (χ4n) is 2.19. The predicted molar refractivity (Wildman–Crippen MR) is 85.4 cm³/mol. The summed E-state index contributed by atoms with van der Waals surface area (Å²) in [4.78, 5) is 13.7. The van der Waals surface area contributed by atoms with Crippen molar-refractivity contribution in [3.8, 4) is 0 Å². The van der Waals surface area contributed by atoms with Crippen molar-refractivity contribution in [1.29, 1.82) is 0 Å². The van der Waals surface area contributed by atoms with Crippen LogP contribution in [0.3, 0.4) is 0 Å². The molecular weight excluding hydrogens is 264 g/mol. The van der Waals surface area contributed by atoms with E-state index in [-0.39, 0.29) is 5.97 Å². The minimum Gasteiger partial charge on any atom is -0.462 e. The maximum absolute atomic E-state index is 11.7. The summed E-state index contributed by atoms with van der Waals surface area (Å²) in [5.41, 5.74) is 9.20. The van der Waals surface area contributed by atoms with Gasteiger partial charge in [0, 0.05) is 13.6 Å². The summed E-state index contributed by atoms with van der Waals surface area (Å²) in [6, 6.07) is 15.4. The molecule has 0 aromatic heterocycles. The quantitative estimate of drug-likeness (QED) is 0.677. The maximum atomic E-state index is 11.7. The smallest absolute Gasteiger partial charge is 0.338 e. The molecule has 0 atom stereocenters. The minimum absolute atomic E-state index is 0.346. The topological polar surface area (TPSA) is 55.6 Å². The Morgan fingerprint density at radius 1 is 1.19 bits per heavy atom. The van der Waals surface area contributed by atoms with Crippen LogP contribution in [-0.4, -0.2) is 19.6 Å². The zero-order chi connectivity index (χ0) is 15.2. The number of nitrogens with two attached hydrogens (primary N) is 1. The van der Waals surface area contributed by atoms with Crippen LogP contribution in [0.5, 0.6) is 0 Å². The fraction of sp³-hybridized carbons (Fsp3) is 0.235. The molecule has 0 bridgehead atoms. The summed E-state index contributed by atoms with van der Waals surface area (Å²) in [7, 11) is 1.97. The highest BCUT2D eigenvalue weighted by atomic mass is 16.5. The van der Waals surface area contributed by atoms with Crippen LogP contribution in [0.2, 0.25) is 0 Å². The van der Waals surface area contributed by atoms with Crippen molar-refractivity contribution in [3.05, 3.63) is 59.7 Å². The second kappa shape index (κ2) is 6.79. The number of esters is 1. The molecule has 21 heavy (non-hydrogen) atoms. The summed E-state index contributed by atoms with van der Waals surface area (Å²) in [5.74, 6) is -0.346. The van der Waals surface area contributed by atoms with E-state index in [4.69, 9.17) is 10.5 Å². The van der Waals surface area contributed by atoms with Crippen molar-refractivity contribution in [2.75, 3.05) is 24.3 Å². The molecule has 2 N–H and O–H groups in total. The Balaban J connectivity index is 2.15. The van der Waals surface area contributed by atoms with Gasteiger partial charge in [-0.1, -0.05) is 30.3 Å². The number of hydrogen-bond donors (Lipinski definition) is 1. The van der Waals surface area contributed by atoms with Gasteiger partial charge in [0.15, 0.2) is 0 Å². The van der Waals surface area contributed by atoms with Gasteiger partial charge in [-0.15, -0.1) is 0 Å². The highest BCUT2D eigenvalue weighted by Gasteiger charge is 2.11. The number of anilines is 2. The average Bonchev–Trinajstić information content (AvgIpc) is 2.48. The number of ether oxygens (including phenoxy) is 1. The monoisotopic (exact) mass is 284 g/mol. The molecule has 0 spiro atoms. The molecule has 0 aliphatic rings. The van der Waals surface area contributed by atoms with Crippen LogP contribution in [0.4, 0.5) is 11.4 Å². The zero-order valence-electron chi connectivity index (χ0n) is 12.4. The van der Waals surface area contributed by atoms with Crippen LogP contribution < -0.4 is 10.6 Å². The number of carbonyl (C=O) groups is 1. The third-order valence-electron chi connectivity index (χ3n) is 3.21. The summed E-state index contributed by atoms with van der Waals surface area (Å²) in [5, 5.41) is 0. The average molecular weight is 284 g/mol. The molecule has 0 radical (unpaired) electrons. The van der Waals surface area contributed by atoms with Crippen molar-refractivity contribution in [1.82, 2.24) is 0 Å². The molecular formula is C17H20N2O2. The maximum Gasteiger partial charge on any atom is 0.338 e. The van der Waals surface area contributed by atoms with Gasteiger partial charge in [0.2, 0.25) is 0 Å². The van der Waals surface area contributed by atoms with E-state index >= 15 is 0 Å². The summed E-state index contributed by atoms with van der Waals surface area (Å²) >= 11 is 0. The second-order valence-corrected chi connectivity index (χ2v) is 4.84. The molecule has 0 unspecified atom stereocenters. The van der Waals surface area contributed by atoms with Crippen LogP contribution in [0.25, 0.3) is 0 Å². The lowest BCUT2D eigenvalue weighted by molar-refractivity contribution is 0.0526. The summed E-state index contributed by atoms with van der Waals surface area (Å²) < 4.78 is 4.97. The number of carbonyl (C=O) groups excluding carboxylic acids is 1. The molecule has 4 heteroatoms. The van der Waals surface area contributed by atoms with E-state index in [1.54, 1.807) is 19.1 Å². The lowest BCUT2D eigenvalue weighted by atomic mass is 10.1. The first kappa shape index (κ1) is 14.9. The predicted octanol–water partition coefficient (Wildman–Crippen LogP) is 3.08. The minimum atomic E-state index is -0.346. The molecule has 2 aromatic carbocycles. The van der Waals surface area contributed by atoms with E-state index in [1.165, 1.54) is 5.56 Å². The number of nitrogens with zero attached hydrogens (tertiary/aromatic N) is 1. The fourth-order valence-corrected chi connectivity index (χ4v) is 2.19. The van der Waals surface area contributed by atoms with Gasteiger partial charge in [-0.2, -0.15) is 0 Å². The van der Waals surface area contributed by atoms with Crippen LogP contribution >= 0.6 is 0 Å². The Morgan fingerprint density at radius 3 is 2.52 bits per heavy atom. The van der Waals surface area contributed by atoms with Crippen molar-refractivity contribution < 1.29 is 9.53 Å². The van der Waals surface area contributed by atoms with Crippen LogP contribution in [-0.2, 0) is 11.3 Å². The van der Waals surface area contributed by atoms with Crippen LogP contribution in [0, 0.1) is 0 Å². The zero-order valence-corrected chi connectivity index (χ0v) is 12.4. The van der Waals surface area contributed by atoms with Gasteiger partial charge in [0.05, 0.1) is 23.5 Å². The van der Waals surface area contributed by atoms with Gasteiger partial charge in [0.25, 0.3) is 0 Å². The first-order valence-corrected chi connectivity index (χ1v) is 6.93. The number of nitrogen functional groups attached to an aromatic ring is 1. The van der Waals surface area contributed by atoms with Crippen LogP contribution in [0.15, 0.2) is 48.5 Å². The second-order valence-electron chi connectivity index (χ2n) is 4.84. The van der Waals surface area contributed by atoms with E-state index in [9.17, 15) is 4.79 Å². The Morgan fingerprint density at radius 2 is 1.90 bits per heavy atom. The van der Waals surface area contributed by atoms with Crippen molar-refractivity contribution in [2.45, 2.75) is 13.5 Å². The normalized spacial score (nSPS) is 10.2. The molecule has 4 nitrogen and oxygen atoms in total. The van der Waals surface area contributed by atoms with Crippen molar-refractivity contribution >= 4 is 17.3 Å². The molecule has 0 amide bonds.